The van der Waals surface area contributed by atoms with Crippen molar-refractivity contribution in [2.75, 3.05) is 0 Å². The molecule has 1 aromatic heterocycles. The highest BCUT2D eigenvalue weighted by Crippen LogP contribution is 2.22. The third kappa shape index (κ3) is 1.38. The van der Waals surface area contributed by atoms with Gasteiger partial charge in [-0.2, -0.15) is 5.10 Å². The Morgan fingerprint density at radius 2 is 2.36 bits per heavy atom. The summed E-state index contributed by atoms with van der Waals surface area (Å²) in [6.45, 7) is 1.81. The minimum atomic E-state index is -0.238. The largest absolute Gasteiger partial charge is 0.334 e. The fourth-order valence-electron chi connectivity index (χ4n) is 1.53. The molecule has 0 aliphatic carbocycles. The van der Waals surface area contributed by atoms with Crippen LogP contribution in [0.5, 0.6) is 0 Å². The second kappa shape index (κ2) is 3.25. The van der Waals surface area contributed by atoms with Gasteiger partial charge in [-0.1, -0.05) is 11.6 Å². The van der Waals surface area contributed by atoms with Crippen molar-refractivity contribution in [3.63, 3.8) is 0 Å². The van der Waals surface area contributed by atoms with E-state index in [-0.39, 0.29) is 18.1 Å². The minimum absolute atomic E-state index is 0.0210. The summed E-state index contributed by atoms with van der Waals surface area (Å²) < 4.78 is 1.65. The molecule has 2 heterocycles. The van der Waals surface area contributed by atoms with Gasteiger partial charge in [0.2, 0.25) is 5.91 Å². The third-order valence-corrected chi connectivity index (χ3v) is 2.60. The van der Waals surface area contributed by atoms with E-state index in [2.05, 4.69) is 15.7 Å². The summed E-state index contributed by atoms with van der Waals surface area (Å²) in [7, 11) is 1.79. The number of carbonyl (C=O) groups excluding carboxylic acids is 1. The van der Waals surface area contributed by atoms with E-state index in [0.29, 0.717) is 5.02 Å². The summed E-state index contributed by atoms with van der Waals surface area (Å²) in [6, 6.07) is -0.189. The summed E-state index contributed by atoms with van der Waals surface area (Å²) in [5.74, 6) is -0.0210. The molecule has 2 atom stereocenters. The topological polar surface area (TPSA) is 59.0 Å². The molecule has 2 N–H and O–H groups in total. The molecule has 0 spiro atoms. The number of aryl methyl sites for hydroxylation is 1. The van der Waals surface area contributed by atoms with Crippen LogP contribution in [0.3, 0.4) is 0 Å². The van der Waals surface area contributed by atoms with E-state index in [4.69, 9.17) is 11.6 Å². The number of nitrogens with zero attached hydrogens (tertiary/aromatic N) is 2. The predicted octanol–water partition coefficient (Wildman–Crippen LogP) is 0.180. The number of hydrogen-bond acceptors (Lipinski definition) is 3. The van der Waals surface area contributed by atoms with Gasteiger partial charge in [0.25, 0.3) is 0 Å². The van der Waals surface area contributed by atoms with Crippen molar-refractivity contribution in [3.8, 4) is 0 Å². The molecular weight excluding hydrogens is 204 g/mol. The van der Waals surface area contributed by atoms with E-state index < -0.39 is 0 Å². The van der Waals surface area contributed by atoms with Crippen molar-refractivity contribution >= 4 is 17.5 Å². The summed E-state index contributed by atoms with van der Waals surface area (Å²) in [5, 5.41) is 10.4. The second-order valence-corrected chi connectivity index (χ2v) is 3.74. The Labute approximate surface area is 86.4 Å². The Bertz CT molecular complexity index is 356. The molecule has 0 saturated carbocycles. The fourth-order valence-corrected chi connectivity index (χ4v) is 1.80. The lowest BCUT2D eigenvalue weighted by Gasteiger charge is -2.11. The quantitative estimate of drug-likeness (QED) is 0.701. The normalized spacial score (nSPS) is 26.6. The highest BCUT2D eigenvalue weighted by molar-refractivity contribution is 6.31. The van der Waals surface area contributed by atoms with Crippen LogP contribution in [-0.2, 0) is 11.8 Å². The van der Waals surface area contributed by atoms with Gasteiger partial charge in [-0.15, -0.1) is 0 Å². The number of carbonyl (C=O) groups is 1. The van der Waals surface area contributed by atoms with Crippen molar-refractivity contribution in [2.24, 2.45) is 7.05 Å². The number of rotatable bonds is 1. The summed E-state index contributed by atoms with van der Waals surface area (Å²) >= 11 is 5.95. The number of aromatic nitrogens is 2. The van der Waals surface area contributed by atoms with Gasteiger partial charge in [-0.25, -0.2) is 0 Å². The average Bonchev–Trinajstić information content (AvgIpc) is 2.59. The minimum Gasteiger partial charge on any atom is -0.334 e. The summed E-state index contributed by atoms with van der Waals surface area (Å²) in [5.41, 5.74) is 0.782. The molecule has 1 fully saturated rings. The fraction of sp³-hybridized carbons (Fsp3) is 0.500. The maximum absolute atomic E-state index is 11.3. The van der Waals surface area contributed by atoms with Gasteiger partial charge in [0, 0.05) is 7.05 Å². The van der Waals surface area contributed by atoms with Crippen molar-refractivity contribution in [2.45, 2.75) is 19.1 Å². The van der Waals surface area contributed by atoms with Crippen LogP contribution >= 0.6 is 11.6 Å². The molecule has 76 valence electrons. The first-order chi connectivity index (χ1) is 6.59. The summed E-state index contributed by atoms with van der Waals surface area (Å²) in [6.07, 6.45) is 1.32. The Hall–Kier alpha value is -1.07. The number of hydrogen-bond donors (Lipinski definition) is 2. The Kier molecular flexibility index (Phi) is 2.20. The third-order valence-electron chi connectivity index (χ3n) is 2.31. The standard InChI is InChI=1S/C8H11ClN4O/c1-4-8(14)12-7(11-4)6-5(9)3-10-13(6)2/h3-4,7,11H,1-2H3,(H,12,14). The van der Waals surface area contributed by atoms with E-state index in [9.17, 15) is 4.79 Å². The Balaban J connectivity index is 2.29. The molecule has 1 aliphatic heterocycles. The first-order valence-electron chi connectivity index (χ1n) is 4.33. The highest BCUT2D eigenvalue weighted by atomic mass is 35.5. The van der Waals surface area contributed by atoms with Crippen LogP contribution in [-0.4, -0.2) is 21.7 Å². The SMILES string of the molecule is CC1NC(c2c(Cl)cnn2C)NC1=O. The highest BCUT2D eigenvalue weighted by Gasteiger charge is 2.31. The molecule has 6 heteroatoms. The second-order valence-electron chi connectivity index (χ2n) is 3.33. The molecule has 2 unspecified atom stereocenters. The van der Waals surface area contributed by atoms with Gasteiger partial charge in [0.1, 0.15) is 6.17 Å². The molecule has 5 nitrogen and oxygen atoms in total. The lowest BCUT2D eigenvalue weighted by molar-refractivity contribution is -0.120. The van der Waals surface area contributed by atoms with Crippen LogP contribution in [0.15, 0.2) is 6.20 Å². The Morgan fingerprint density at radius 1 is 1.64 bits per heavy atom. The van der Waals surface area contributed by atoms with Crippen LogP contribution in [0.2, 0.25) is 5.02 Å². The first kappa shape index (κ1) is 9.48. The van der Waals surface area contributed by atoms with E-state index in [1.807, 2.05) is 0 Å². The van der Waals surface area contributed by atoms with Gasteiger partial charge < -0.3 is 5.32 Å². The molecule has 0 bridgehead atoms. The van der Waals surface area contributed by atoms with Crippen molar-refractivity contribution in [3.05, 3.63) is 16.9 Å². The van der Waals surface area contributed by atoms with E-state index in [1.54, 1.807) is 24.9 Å². The molecule has 14 heavy (non-hydrogen) atoms. The zero-order valence-electron chi connectivity index (χ0n) is 7.91. The number of nitrogens with one attached hydrogen (secondary N) is 2. The molecule has 0 aromatic carbocycles. The maximum Gasteiger partial charge on any atom is 0.238 e. The van der Waals surface area contributed by atoms with E-state index >= 15 is 0 Å². The maximum atomic E-state index is 11.3. The van der Waals surface area contributed by atoms with Crippen LogP contribution in [0.1, 0.15) is 18.8 Å². The first-order valence-corrected chi connectivity index (χ1v) is 4.71. The summed E-state index contributed by atoms with van der Waals surface area (Å²) in [4.78, 5) is 11.3. The number of halogens is 1. The van der Waals surface area contributed by atoms with Crippen molar-refractivity contribution in [1.29, 1.82) is 0 Å². The zero-order chi connectivity index (χ0) is 10.3. The zero-order valence-corrected chi connectivity index (χ0v) is 8.67. The van der Waals surface area contributed by atoms with Crippen LogP contribution < -0.4 is 10.6 Å². The molecule has 1 amide bonds. The molecule has 1 aromatic rings. The van der Waals surface area contributed by atoms with Crippen LogP contribution in [0.25, 0.3) is 0 Å². The lowest BCUT2D eigenvalue weighted by Crippen LogP contribution is -2.26. The average molecular weight is 215 g/mol. The van der Waals surface area contributed by atoms with Crippen LogP contribution in [0.4, 0.5) is 0 Å². The number of amides is 1. The van der Waals surface area contributed by atoms with Gasteiger partial charge in [-0.05, 0) is 6.92 Å². The van der Waals surface area contributed by atoms with Crippen molar-refractivity contribution < 1.29 is 4.79 Å². The molecular formula is C8H11ClN4O. The van der Waals surface area contributed by atoms with Crippen LogP contribution in [0, 0.1) is 0 Å². The van der Waals surface area contributed by atoms with Gasteiger partial charge in [0.05, 0.1) is 23.0 Å². The molecule has 2 rings (SSSR count). The van der Waals surface area contributed by atoms with Gasteiger partial charge in [-0.3, -0.25) is 14.8 Å². The lowest BCUT2D eigenvalue weighted by atomic mass is 10.3. The molecule has 1 saturated heterocycles. The van der Waals surface area contributed by atoms with Gasteiger partial charge in [0.15, 0.2) is 0 Å². The predicted molar refractivity (Wildman–Crippen MR) is 51.7 cm³/mol. The van der Waals surface area contributed by atoms with E-state index in [1.165, 1.54) is 0 Å². The Morgan fingerprint density at radius 3 is 2.79 bits per heavy atom. The smallest absolute Gasteiger partial charge is 0.238 e. The van der Waals surface area contributed by atoms with Gasteiger partial charge >= 0.3 is 0 Å². The molecule has 0 radical (unpaired) electrons. The van der Waals surface area contributed by atoms with Crippen molar-refractivity contribution in [1.82, 2.24) is 20.4 Å². The van der Waals surface area contributed by atoms with E-state index in [0.717, 1.165) is 5.69 Å². The monoisotopic (exact) mass is 214 g/mol. The molecule has 1 aliphatic rings.